The van der Waals surface area contributed by atoms with Gasteiger partial charge in [0.25, 0.3) is 5.91 Å². The summed E-state index contributed by atoms with van der Waals surface area (Å²) in [7, 11) is -3.89. The Hall–Kier alpha value is -3.80. The quantitative estimate of drug-likeness (QED) is 0.364. The zero-order chi connectivity index (χ0) is 26.0. The molecule has 0 spiro atoms. The Morgan fingerprint density at radius 3 is 2.31 bits per heavy atom. The van der Waals surface area contributed by atoms with Crippen molar-refractivity contribution < 1.29 is 32.3 Å². The van der Waals surface area contributed by atoms with Crippen LogP contribution in [-0.4, -0.2) is 46.0 Å². The molecule has 1 heterocycles. The Morgan fingerprint density at radius 1 is 0.972 bits per heavy atom. The number of thiophene rings is 1. The smallest absolute Gasteiger partial charge is 0.350 e. The SMILES string of the molecule is CCOC(=O)c1sc(-c2ccccc2)cc1NC(=O)COC(=O)CNS(=O)(=O)C=Cc1ccccc1. The van der Waals surface area contributed by atoms with E-state index in [1.54, 1.807) is 43.3 Å². The fourth-order valence-electron chi connectivity index (χ4n) is 2.90. The fourth-order valence-corrected chi connectivity index (χ4v) is 4.66. The molecule has 0 bridgehead atoms. The van der Waals surface area contributed by atoms with Crippen molar-refractivity contribution in [3.63, 3.8) is 0 Å². The van der Waals surface area contributed by atoms with E-state index in [0.29, 0.717) is 5.56 Å². The monoisotopic (exact) mass is 528 g/mol. The maximum Gasteiger partial charge on any atom is 0.350 e. The highest BCUT2D eigenvalue weighted by Crippen LogP contribution is 2.35. The number of carbonyl (C=O) groups is 3. The molecule has 3 rings (SSSR count). The number of ether oxygens (including phenoxy) is 2. The van der Waals surface area contributed by atoms with Gasteiger partial charge in [-0.3, -0.25) is 9.59 Å². The Balaban J connectivity index is 1.55. The summed E-state index contributed by atoms with van der Waals surface area (Å²) >= 11 is 1.16. The number of sulfonamides is 1. The molecule has 0 aliphatic heterocycles. The van der Waals surface area contributed by atoms with Crippen LogP contribution in [0.1, 0.15) is 22.2 Å². The second kappa shape index (κ2) is 12.8. The average molecular weight is 529 g/mol. The summed E-state index contributed by atoms with van der Waals surface area (Å²) in [6.07, 6.45) is 1.38. The summed E-state index contributed by atoms with van der Waals surface area (Å²) < 4.78 is 36.1. The first-order chi connectivity index (χ1) is 17.3. The molecule has 2 aromatic carbocycles. The van der Waals surface area contributed by atoms with Crippen LogP contribution in [0.2, 0.25) is 0 Å². The maximum atomic E-state index is 12.4. The van der Waals surface area contributed by atoms with Crippen molar-refractivity contribution in [1.82, 2.24) is 4.72 Å². The van der Waals surface area contributed by atoms with E-state index in [1.165, 1.54) is 6.08 Å². The van der Waals surface area contributed by atoms with Gasteiger partial charge >= 0.3 is 11.9 Å². The number of hydrogen-bond acceptors (Lipinski definition) is 8. The first-order valence-electron chi connectivity index (χ1n) is 10.8. The van der Waals surface area contributed by atoms with Gasteiger partial charge < -0.3 is 14.8 Å². The van der Waals surface area contributed by atoms with Gasteiger partial charge in [-0.15, -0.1) is 11.3 Å². The number of nitrogens with one attached hydrogen (secondary N) is 2. The van der Waals surface area contributed by atoms with Gasteiger partial charge in [0.05, 0.1) is 12.3 Å². The predicted molar refractivity (Wildman–Crippen MR) is 138 cm³/mol. The van der Waals surface area contributed by atoms with E-state index in [2.05, 4.69) is 10.0 Å². The molecule has 0 saturated carbocycles. The molecule has 9 nitrogen and oxygen atoms in total. The minimum absolute atomic E-state index is 0.166. The van der Waals surface area contributed by atoms with Crippen LogP contribution in [0, 0.1) is 0 Å². The van der Waals surface area contributed by atoms with Crippen molar-refractivity contribution in [2.45, 2.75) is 6.92 Å². The van der Waals surface area contributed by atoms with E-state index in [0.717, 1.165) is 27.2 Å². The van der Waals surface area contributed by atoms with E-state index in [-0.39, 0.29) is 17.2 Å². The van der Waals surface area contributed by atoms with E-state index in [4.69, 9.17) is 9.47 Å². The lowest BCUT2D eigenvalue weighted by molar-refractivity contribution is -0.146. The lowest BCUT2D eigenvalue weighted by Gasteiger charge is -2.07. The highest BCUT2D eigenvalue weighted by Gasteiger charge is 2.20. The molecular formula is C25H24N2O7S2. The summed E-state index contributed by atoms with van der Waals surface area (Å²) in [4.78, 5) is 37.6. The number of benzene rings is 2. The van der Waals surface area contributed by atoms with Crippen LogP contribution in [0.5, 0.6) is 0 Å². The first kappa shape index (κ1) is 26.8. The Labute approximate surface area is 212 Å². The minimum Gasteiger partial charge on any atom is -0.462 e. The minimum atomic E-state index is -3.89. The first-order valence-corrected chi connectivity index (χ1v) is 13.2. The third-order valence-electron chi connectivity index (χ3n) is 4.55. The lowest BCUT2D eigenvalue weighted by Crippen LogP contribution is -2.31. The van der Waals surface area contributed by atoms with Crippen LogP contribution in [0.3, 0.4) is 0 Å². The average Bonchev–Trinajstić information content (AvgIpc) is 3.30. The van der Waals surface area contributed by atoms with Crippen LogP contribution in [0.4, 0.5) is 5.69 Å². The largest absolute Gasteiger partial charge is 0.462 e. The number of carbonyl (C=O) groups excluding carboxylic acids is 3. The topological polar surface area (TPSA) is 128 Å². The third kappa shape index (κ3) is 8.15. The predicted octanol–water partition coefficient (Wildman–Crippen LogP) is 3.66. The Morgan fingerprint density at radius 2 is 1.64 bits per heavy atom. The van der Waals surface area contributed by atoms with Crippen molar-refractivity contribution in [1.29, 1.82) is 0 Å². The van der Waals surface area contributed by atoms with Crippen molar-refractivity contribution in [2.24, 2.45) is 0 Å². The molecule has 0 saturated heterocycles. The van der Waals surface area contributed by atoms with Gasteiger partial charge in [-0.05, 0) is 30.2 Å². The van der Waals surface area contributed by atoms with Gasteiger partial charge in [0.2, 0.25) is 10.0 Å². The number of esters is 2. The highest BCUT2D eigenvalue weighted by atomic mass is 32.2. The van der Waals surface area contributed by atoms with Crippen LogP contribution in [-0.2, 0) is 29.1 Å². The summed E-state index contributed by atoms with van der Waals surface area (Å²) in [5, 5.41) is 3.48. The van der Waals surface area contributed by atoms with Gasteiger partial charge in [0.1, 0.15) is 11.4 Å². The molecule has 36 heavy (non-hydrogen) atoms. The van der Waals surface area contributed by atoms with E-state index in [1.807, 2.05) is 30.3 Å². The number of rotatable bonds is 11. The Bertz CT molecular complexity index is 1340. The van der Waals surface area contributed by atoms with Gasteiger partial charge in [-0.2, -0.15) is 0 Å². The standard InChI is InChI=1S/C25H24N2O7S2/c1-2-33-25(30)24-20(15-21(35-24)19-11-7-4-8-12-19)27-22(28)17-34-23(29)16-26-36(31,32)14-13-18-9-5-3-6-10-18/h3-15,26H,2,16-17H2,1H3,(H,27,28). The molecule has 0 fully saturated rings. The molecular weight excluding hydrogens is 504 g/mol. The molecule has 188 valence electrons. The highest BCUT2D eigenvalue weighted by molar-refractivity contribution is 7.92. The molecule has 1 amide bonds. The van der Waals surface area contributed by atoms with Crippen molar-refractivity contribution in [3.8, 4) is 10.4 Å². The van der Waals surface area contributed by atoms with Crippen LogP contribution in [0.15, 0.2) is 72.1 Å². The van der Waals surface area contributed by atoms with Gasteiger partial charge in [-0.25, -0.2) is 17.9 Å². The zero-order valence-electron chi connectivity index (χ0n) is 19.3. The van der Waals surface area contributed by atoms with Crippen LogP contribution >= 0.6 is 11.3 Å². The maximum absolute atomic E-state index is 12.4. The number of amides is 1. The van der Waals surface area contributed by atoms with Gasteiger partial charge in [0, 0.05) is 10.3 Å². The Kier molecular flexibility index (Phi) is 9.51. The molecule has 0 aliphatic rings. The zero-order valence-corrected chi connectivity index (χ0v) is 20.9. The molecule has 0 unspecified atom stereocenters. The summed E-state index contributed by atoms with van der Waals surface area (Å²) in [5.74, 6) is -2.23. The molecule has 0 radical (unpaired) electrons. The van der Waals surface area contributed by atoms with E-state index >= 15 is 0 Å². The lowest BCUT2D eigenvalue weighted by atomic mass is 10.2. The van der Waals surface area contributed by atoms with E-state index in [9.17, 15) is 22.8 Å². The van der Waals surface area contributed by atoms with Crippen molar-refractivity contribution in [3.05, 3.63) is 82.6 Å². The molecule has 1 aromatic heterocycles. The number of hydrogen-bond donors (Lipinski definition) is 2. The molecule has 11 heteroatoms. The molecule has 0 aliphatic carbocycles. The third-order valence-corrected chi connectivity index (χ3v) is 6.75. The number of anilines is 1. The van der Waals surface area contributed by atoms with Gasteiger partial charge in [-0.1, -0.05) is 60.7 Å². The second-order valence-electron chi connectivity index (χ2n) is 7.23. The normalized spacial score (nSPS) is 11.2. The molecule has 3 aromatic rings. The van der Waals surface area contributed by atoms with Gasteiger partial charge in [0.15, 0.2) is 6.61 Å². The fraction of sp³-hybridized carbons (Fsp3) is 0.160. The van der Waals surface area contributed by atoms with Crippen LogP contribution < -0.4 is 10.0 Å². The summed E-state index contributed by atoms with van der Waals surface area (Å²) in [6, 6.07) is 19.7. The molecule has 0 atom stereocenters. The second-order valence-corrected chi connectivity index (χ2v) is 9.93. The van der Waals surface area contributed by atoms with Crippen molar-refractivity contribution in [2.75, 3.05) is 25.1 Å². The summed E-state index contributed by atoms with van der Waals surface area (Å²) in [5.41, 5.74) is 1.76. The van der Waals surface area contributed by atoms with Crippen LogP contribution in [0.25, 0.3) is 16.5 Å². The van der Waals surface area contributed by atoms with Crippen molar-refractivity contribution >= 4 is 51.0 Å². The summed E-state index contributed by atoms with van der Waals surface area (Å²) in [6.45, 7) is 0.518. The van der Waals surface area contributed by atoms with E-state index < -0.39 is 41.0 Å². The molecule has 2 N–H and O–H groups in total.